The van der Waals surface area contributed by atoms with Gasteiger partial charge < -0.3 is 5.32 Å². The highest BCUT2D eigenvalue weighted by molar-refractivity contribution is 7.84. The van der Waals surface area contributed by atoms with Crippen molar-refractivity contribution < 1.29 is 9.00 Å². The zero-order chi connectivity index (χ0) is 17.1. The maximum atomic E-state index is 12.3. The number of hydrogen-bond donors (Lipinski definition) is 1. The van der Waals surface area contributed by atoms with Crippen molar-refractivity contribution in [2.75, 3.05) is 11.6 Å². The molecular weight excluding hydrogens is 326 g/mol. The summed E-state index contributed by atoms with van der Waals surface area (Å²) in [4.78, 5) is 13.0. The minimum absolute atomic E-state index is 0.239. The number of carbonyl (C=O) groups excluding carboxylic acids is 1. The molecule has 0 fully saturated rings. The summed E-state index contributed by atoms with van der Waals surface area (Å²) >= 11 is 0. The van der Waals surface area contributed by atoms with Crippen molar-refractivity contribution in [3.63, 3.8) is 0 Å². The molecule has 0 spiro atoms. The Morgan fingerprint density at radius 2 is 1.92 bits per heavy atom. The second-order valence-corrected chi connectivity index (χ2v) is 6.52. The predicted octanol–water partition coefficient (Wildman–Crippen LogP) is 1.87. The average molecular weight is 341 g/mol. The first-order valence-electron chi connectivity index (χ1n) is 7.12. The summed E-state index contributed by atoms with van der Waals surface area (Å²) in [5.41, 5.74) is 1.94. The lowest BCUT2D eigenvalue weighted by atomic mass is 10.1. The lowest BCUT2D eigenvalue weighted by molar-refractivity contribution is 0.102. The van der Waals surface area contributed by atoms with Crippen LogP contribution < -0.4 is 5.32 Å². The number of aryl methyl sites for hydroxylation is 1. The van der Waals surface area contributed by atoms with Crippen LogP contribution in [0.3, 0.4) is 0 Å². The lowest BCUT2D eigenvalue weighted by Gasteiger charge is -2.07. The number of aromatic nitrogens is 4. The SMILES string of the molecule is Cn1nnnc1-c1cccc(NC(=O)c2ccc(S(C)=O)cc2)c1. The number of benzene rings is 2. The van der Waals surface area contributed by atoms with E-state index in [9.17, 15) is 9.00 Å². The molecule has 0 radical (unpaired) electrons. The molecule has 0 saturated heterocycles. The molecule has 0 bridgehead atoms. The Kier molecular flexibility index (Phi) is 4.48. The highest BCUT2D eigenvalue weighted by Gasteiger charge is 2.10. The van der Waals surface area contributed by atoms with Crippen LogP contribution in [0, 0.1) is 0 Å². The van der Waals surface area contributed by atoms with Crippen LogP contribution in [-0.2, 0) is 17.8 Å². The van der Waals surface area contributed by atoms with Gasteiger partial charge in [-0.2, -0.15) is 0 Å². The molecule has 1 N–H and O–H groups in total. The van der Waals surface area contributed by atoms with E-state index in [2.05, 4.69) is 20.8 Å². The summed E-state index contributed by atoms with van der Waals surface area (Å²) in [6.07, 6.45) is 1.60. The first-order chi connectivity index (χ1) is 11.5. The van der Waals surface area contributed by atoms with Gasteiger partial charge in [0.2, 0.25) is 0 Å². The minimum atomic E-state index is -1.06. The van der Waals surface area contributed by atoms with Gasteiger partial charge in [-0.1, -0.05) is 12.1 Å². The Hall–Kier alpha value is -2.87. The van der Waals surface area contributed by atoms with E-state index in [1.54, 1.807) is 54.4 Å². The third-order valence-corrected chi connectivity index (χ3v) is 4.38. The van der Waals surface area contributed by atoms with Gasteiger partial charge in [-0.15, -0.1) is 5.10 Å². The number of nitrogens with one attached hydrogen (secondary N) is 1. The van der Waals surface area contributed by atoms with Crippen molar-refractivity contribution in [2.45, 2.75) is 4.90 Å². The molecule has 1 heterocycles. The number of anilines is 1. The Balaban J connectivity index is 1.79. The first-order valence-corrected chi connectivity index (χ1v) is 8.68. The van der Waals surface area contributed by atoms with Crippen molar-refractivity contribution in [3.05, 3.63) is 54.1 Å². The normalized spacial score (nSPS) is 11.9. The van der Waals surface area contributed by atoms with Gasteiger partial charge in [-0.05, 0) is 46.8 Å². The zero-order valence-corrected chi connectivity index (χ0v) is 13.9. The molecule has 3 rings (SSSR count). The van der Waals surface area contributed by atoms with E-state index in [0.29, 0.717) is 22.0 Å². The number of nitrogens with zero attached hydrogens (tertiary/aromatic N) is 4. The van der Waals surface area contributed by atoms with Gasteiger partial charge in [0.05, 0.1) is 0 Å². The van der Waals surface area contributed by atoms with E-state index in [4.69, 9.17) is 0 Å². The number of amides is 1. The molecule has 24 heavy (non-hydrogen) atoms. The summed E-state index contributed by atoms with van der Waals surface area (Å²) in [6.45, 7) is 0. The number of rotatable bonds is 4. The van der Waals surface area contributed by atoms with Crippen LogP contribution in [0.15, 0.2) is 53.4 Å². The van der Waals surface area contributed by atoms with Crippen LogP contribution in [0.5, 0.6) is 0 Å². The topological polar surface area (TPSA) is 89.8 Å². The summed E-state index contributed by atoms with van der Waals surface area (Å²) in [5, 5.41) is 14.2. The maximum Gasteiger partial charge on any atom is 0.255 e. The maximum absolute atomic E-state index is 12.3. The first kappa shape index (κ1) is 16.0. The smallest absolute Gasteiger partial charge is 0.255 e. The summed E-state index contributed by atoms with van der Waals surface area (Å²) in [6, 6.07) is 14.0. The van der Waals surface area contributed by atoms with Crippen LogP contribution in [0.4, 0.5) is 5.69 Å². The third kappa shape index (κ3) is 3.38. The molecule has 1 atom stereocenters. The Labute approximate surface area is 141 Å². The second kappa shape index (κ2) is 6.71. The van der Waals surface area contributed by atoms with Gasteiger partial charge in [0, 0.05) is 45.8 Å². The van der Waals surface area contributed by atoms with E-state index in [0.717, 1.165) is 5.56 Å². The van der Waals surface area contributed by atoms with E-state index in [1.807, 2.05) is 12.1 Å². The molecule has 0 aliphatic carbocycles. The number of tetrazole rings is 1. The predicted molar refractivity (Wildman–Crippen MR) is 91.0 cm³/mol. The molecule has 3 aromatic rings. The average Bonchev–Trinajstić information content (AvgIpc) is 3.01. The summed E-state index contributed by atoms with van der Waals surface area (Å²) < 4.78 is 12.9. The van der Waals surface area contributed by atoms with E-state index < -0.39 is 10.8 Å². The Morgan fingerprint density at radius 1 is 1.17 bits per heavy atom. The largest absolute Gasteiger partial charge is 0.322 e. The van der Waals surface area contributed by atoms with Crippen LogP contribution in [0.25, 0.3) is 11.4 Å². The highest BCUT2D eigenvalue weighted by atomic mass is 32.2. The van der Waals surface area contributed by atoms with Gasteiger partial charge >= 0.3 is 0 Å². The van der Waals surface area contributed by atoms with Crippen LogP contribution in [-0.4, -0.2) is 36.6 Å². The van der Waals surface area contributed by atoms with E-state index >= 15 is 0 Å². The lowest BCUT2D eigenvalue weighted by Crippen LogP contribution is -2.12. The highest BCUT2D eigenvalue weighted by Crippen LogP contribution is 2.20. The van der Waals surface area contributed by atoms with Gasteiger partial charge in [-0.25, -0.2) is 4.68 Å². The van der Waals surface area contributed by atoms with E-state index in [-0.39, 0.29) is 5.91 Å². The molecular formula is C16H15N5O2S. The van der Waals surface area contributed by atoms with Crippen molar-refractivity contribution in [3.8, 4) is 11.4 Å². The summed E-state index contributed by atoms with van der Waals surface area (Å²) in [7, 11) is 0.686. The van der Waals surface area contributed by atoms with Gasteiger partial charge in [0.1, 0.15) is 0 Å². The second-order valence-electron chi connectivity index (χ2n) is 5.14. The number of carbonyl (C=O) groups is 1. The minimum Gasteiger partial charge on any atom is -0.322 e. The van der Waals surface area contributed by atoms with E-state index in [1.165, 1.54) is 0 Å². The fraction of sp³-hybridized carbons (Fsp3) is 0.125. The van der Waals surface area contributed by atoms with Crippen LogP contribution in [0.2, 0.25) is 0 Å². The Morgan fingerprint density at radius 3 is 2.54 bits per heavy atom. The monoisotopic (exact) mass is 341 g/mol. The molecule has 122 valence electrons. The zero-order valence-electron chi connectivity index (χ0n) is 13.1. The van der Waals surface area contributed by atoms with Crippen molar-refractivity contribution >= 4 is 22.4 Å². The third-order valence-electron chi connectivity index (χ3n) is 3.45. The summed E-state index contributed by atoms with van der Waals surface area (Å²) in [5.74, 6) is 0.373. The van der Waals surface area contributed by atoms with Crippen molar-refractivity contribution in [2.24, 2.45) is 7.05 Å². The van der Waals surface area contributed by atoms with Crippen molar-refractivity contribution in [1.29, 1.82) is 0 Å². The molecule has 7 nitrogen and oxygen atoms in total. The fourth-order valence-corrected chi connectivity index (χ4v) is 2.73. The fourth-order valence-electron chi connectivity index (χ4n) is 2.21. The standard InChI is InChI=1S/C16H15N5O2S/c1-21-15(18-19-20-21)12-4-3-5-13(10-12)17-16(22)11-6-8-14(9-7-11)24(2)23/h3-10H,1-2H3,(H,17,22). The van der Waals surface area contributed by atoms with Gasteiger partial charge in [0.25, 0.3) is 5.91 Å². The molecule has 1 aromatic heterocycles. The molecule has 1 unspecified atom stereocenters. The van der Waals surface area contributed by atoms with Gasteiger partial charge in [-0.3, -0.25) is 9.00 Å². The molecule has 8 heteroatoms. The molecule has 0 aliphatic heterocycles. The molecule has 2 aromatic carbocycles. The van der Waals surface area contributed by atoms with Crippen molar-refractivity contribution in [1.82, 2.24) is 20.2 Å². The molecule has 1 amide bonds. The molecule has 0 saturated carbocycles. The number of hydrogen-bond acceptors (Lipinski definition) is 5. The van der Waals surface area contributed by atoms with Crippen LogP contribution in [0.1, 0.15) is 10.4 Å². The Bertz CT molecular complexity index is 905. The quantitative estimate of drug-likeness (QED) is 0.782. The molecule has 0 aliphatic rings. The van der Waals surface area contributed by atoms with Crippen LogP contribution >= 0.6 is 0 Å². The van der Waals surface area contributed by atoms with Gasteiger partial charge in [0.15, 0.2) is 5.82 Å².